The molecule has 57 heavy (non-hydrogen) atoms. The summed E-state index contributed by atoms with van der Waals surface area (Å²) in [5, 5.41) is 49.5. The van der Waals surface area contributed by atoms with Gasteiger partial charge in [-0.25, -0.2) is 0 Å². The van der Waals surface area contributed by atoms with E-state index in [1.807, 2.05) is 0 Å². The molecule has 7 heterocycles. The van der Waals surface area contributed by atoms with Crippen molar-refractivity contribution in [1.82, 2.24) is 0 Å². The Morgan fingerprint density at radius 2 is 1.11 bits per heavy atom. The van der Waals surface area contributed by atoms with Crippen LogP contribution in [0.15, 0.2) is 0 Å². The molecule has 0 saturated carbocycles. The maximum absolute atomic E-state index is 10.6. The molecule has 0 aromatic rings. The van der Waals surface area contributed by atoms with Crippen molar-refractivity contribution in [2.24, 2.45) is 11.8 Å². The first-order valence-corrected chi connectivity index (χ1v) is 21.2. The second-order valence-electron chi connectivity index (χ2n) is 16.6. The molecule has 18 nitrogen and oxygen atoms in total. The van der Waals surface area contributed by atoms with Crippen molar-refractivity contribution in [2.45, 2.75) is 176 Å². The smallest absolute Gasteiger partial charge is 0.187 e. The molecule has 7 aliphatic heterocycles. The Morgan fingerprint density at radius 1 is 0.509 bits per heavy atom. The minimum absolute atomic E-state index is 0.0332. The summed E-state index contributed by atoms with van der Waals surface area (Å²) >= 11 is 0. The van der Waals surface area contributed by atoms with Crippen molar-refractivity contribution in [2.75, 3.05) is 59.5 Å². The van der Waals surface area contributed by atoms with E-state index in [9.17, 15) is 25.5 Å². The van der Waals surface area contributed by atoms with E-state index < -0.39 is 74.4 Å². The van der Waals surface area contributed by atoms with E-state index in [0.29, 0.717) is 71.0 Å². The molecule has 5 N–H and O–H groups in total. The maximum Gasteiger partial charge on any atom is 0.187 e. The summed E-state index contributed by atoms with van der Waals surface area (Å²) in [5.41, 5.74) is 0. The zero-order valence-electron chi connectivity index (χ0n) is 33.1. The van der Waals surface area contributed by atoms with Gasteiger partial charge in [0.2, 0.25) is 0 Å². The Bertz CT molecular complexity index is 1140. The molecule has 7 saturated heterocycles. The molecule has 0 spiro atoms. The normalized spacial score (nSPS) is 45.5. The van der Waals surface area contributed by atoms with E-state index in [1.54, 1.807) is 6.92 Å². The van der Waals surface area contributed by atoms with Crippen molar-refractivity contribution in [3.63, 3.8) is 0 Å². The van der Waals surface area contributed by atoms with Gasteiger partial charge in [0, 0.05) is 44.3 Å². The second-order valence-corrected chi connectivity index (χ2v) is 16.6. The van der Waals surface area contributed by atoms with Crippen molar-refractivity contribution in [3.05, 3.63) is 0 Å². The SMILES string of the molecule is C[C@H](O)C1CCC(OC2OCC(OC3CCC(OC4CC(OC5CCC(CO)CO5)C(O)CO4)CO3)C(OC3CC[C@@H](CO)O3)C2OC2CCC(CO)CO2)CO1. The predicted octanol–water partition coefficient (Wildman–Crippen LogP) is 0.445. The van der Waals surface area contributed by atoms with Crippen molar-refractivity contribution in [1.29, 1.82) is 0 Å². The number of aliphatic hydroxyl groups is 5. The first-order chi connectivity index (χ1) is 27.8. The number of rotatable bonds is 16. The highest BCUT2D eigenvalue weighted by Crippen LogP contribution is 2.35. The van der Waals surface area contributed by atoms with Gasteiger partial charge in [-0.05, 0) is 58.3 Å². The van der Waals surface area contributed by atoms with Gasteiger partial charge in [-0.3, -0.25) is 0 Å². The number of ether oxygens (including phenoxy) is 13. The maximum atomic E-state index is 10.6. The third-order valence-corrected chi connectivity index (χ3v) is 12.1. The quantitative estimate of drug-likeness (QED) is 0.143. The molecule has 0 radical (unpaired) electrons. The Hall–Kier alpha value is -0.720. The number of hydrogen-bond acceptors (Lipinski definition) is 18. The van der Waals surface area contributed by atoms with Crippen LogP contribution in [0.25, 0.3) is 0 Å². The molecule has 0 aliphatic carbocycles. The summed E-state index contributed by atoms with van der Waals surface area (Å²) < 4.78 is 80.9. The Labute approximate surface area is 334 Å². The van der Waals surface area contributed by atoms with Gasteiger partial charge >= 0.3 is 0 Å². The van der Waals surface area contributed by atoms with Crippen molar-refractivity contribution in [3.8, 4) is 0 Å². The minimum Gasteiger partial charge on any atom is -0.396 e. The minimum atomic E-state index is -0.866. The summed E-state index contributed by atoms with van der Waals surface area (Å²) in [4.78, 5) is 0. The zero-order valence-corrected chi connectivity index (χ0v) is 33.1. The van der Waals surface area contributed by atoms with Crippen LogP contribution in [-0.2, 0) is 61.6 Å². The van der Waals surface area contributed by atoms with E-state index in [-0.39, 0.29) is 82.5 Å². The van der Waals surface area contributed by atoms with Gasteiger partial charge in [-0.2, -0.15) is 0 Å². The second kappa shape index (κ2) is 21.9. The molecule has 0 amide bonds. The fourth-order valence-corrected chi connectivity index (χ4v) is 8.53. The van der Waals surface area contributed by atoms with Crippen LogP contribution in [0.4, 0.5) is 0 Å². The van der Waals surface area contributed by atoms with E-state index in [2.05, 4.69) is 0 Å². The molecule has 0 bridgehead atoms. The molecule has 0 aromatic carbocycles. The van der Waals surface area contributed by atoms with E-state index >= 15 is 0 Å². The van der Waals surface area contributed by atoms with Crippen LogP contribution in [0.5, 0.6) is 0 Å². The lowest BCUT2D eigenvalue weighted by atomic mass is 10.0. The van der Waals surface area contributed by atoms with Gasteiger partial charge in [0.25, 0.3) is 0 Å². The van der Waals surface area contributed by atoms with E-state index in [4.69, 9.17) is 61.6 Å². The number of aliphatic hydroxyl groups excluding tert-OH is 5. The average molecular weight is 823 g/mol. The summed E-state index contributed by atoms with van der Waals surface area (Å²) in [7, 11) is 0. The molecule has 7 fully saturated rings. The first kappa shape index (κ1) is 44.3. The summed E-state index contributed by atoms with van der Waals surface area (Å²) in [5.74, 6) is 0.140. The average Bonchev–Trinajstić information content (AvgIpc) is 3.70. The van der Waals surface area contributed by atoms with Crippen LogP contribution in [0.2, 0.25) is 0 Å². The monoisotopic (exact) mass is 822 g/mol. The van der Waals surface area contributed by atoms with Crippen LogP contribution < -0.4 is 0 Å². The fraction of sp³-hybridized carbons (Fsp3) is 1.00. The zero-order chi connectivity index (χ0) is 39.7. The van der Waals surface area contributed by atoms with Gasteiger partial charge in [-0.15, -0.1) is 0 Å². The lowest BCUT2D eigenvalue weighted by Crippen LogP contribution is -2.60. The Morgan fingerprint density at radius 3 is 1.70 bits per heavy atom. The molecule has 7 aliphatic rings. The van der Waals surface area contributed by atoms with Gasteiger partial charge in [0.15, 0.2) is 37.7 Å². The third kappa shape index (κ3) is 12.4. The first-order valence-electron chi connectivity index (χ1n) is 21.2. The molecular formula is C39H66O18. The topological polar surface area (TPSA) is 221 Å². The molecule has 18 heteroatoms. The molecule has 7 rings (SSSR count). The number of hydrogen-bond donors (Lipinski definition) is 5. The predicted molar refractivity (Wildman–Crippen MR) is 193 cm³/mol. The standard InChI is InChI=1S/C39H66O18/c1-22(43)29-7-4-27(18-45-29)53-39-38(56-34-9-3-24(14-41)17-47-34)37(57-35-11-5-25(15-42)51-35)31(21-50-39)55-33-10-6-26(19-48-33)52-36-12-30(28(44)20-49-36)54-32-8-2-23(13-40)16-46-32/h22-44H,2-21H2,1H3/t22-,23?,24?,25-,26?,27?,28?,29?,30?,31?,32?,33?,34?,35?,36?,37?,38?,39?/m0/s1. The Balaban J connectivity index is 0.961. The summed E-state index contributed by atoms with van der Waals surface area (Å²) in [6, 6.07) is 0. The molecule has 330 valence electrons. The van der Waals surface area contributed by atoms with Gasteiger partial charge in [0.1, 0.15) is 24.4 Å². The summed E-state index contributed by atoms with van der Waals surface area (Å²) in [6.45, 7) is 3.22. The molecule has 16 unspecified atom stereocenters. The largest absolute Gasteiger partial charge is 0.396 e. The lowest BCUT2D eigenvalue weighted by molar-refractivity contribution is -0.364. The molecule has 18 atom stereocenters. The highest BCUT2D eigenvalue weighted by atomic mass is 16.8. The van der Waals surface area contributed by atoms with Crippen LogP contribution in [0, 0.1) is 11.8 Å². The Kier molecular flexibility index (Phi) is 17.0. The molecular weight excluding hydrogens is 756 g/mol. The van der Waals surface area contributed by atoms with E-state index in [0.717, 1.165) is 12.8 Å². The molecule has 0 aromatic heterocycles. The van der Waals surface area contributed by atoms with Gasteiger partial charge in [0.05, 0.1) is 82.9 Å². The lowest BCUT2D eigenvalue weighted by Gasteiger charge is -2.46. The van der Waals surface area contributed by atoms with Crippen LogP contribution in [0.1, 0.15) is 77.6 Å². The summed E-state index contributed by atoms with van der Waals surface area (Å²) in [6.07, 6.45) is -2.27. The highest BCUT2D eigenvalue weighted by molar-refractivity contribution is 4.91. The fourth-order valence-electron chi connectivity index (χ4n) is 8.53. The van der Waals surface area contributed by atoms with Gasteiger partial charge in [-0.1, -0.05) is 0 Å². The van der Waals surface area contributed by atoms with Gasteiger partial charge < -0.3 is 87.1 Å². The van der Waals surface area contributed by atoms with Crippen molar-refractivity contribution < 1.29 is 87.1 Å². The third-order valence-electron chi connectivity index (χ3n) is 12.1. The van der Waals surface area contributed by atoms with Crippen LogP contribution in [-0.4, -0.2) is 184 Å². The van der Waals surface area contributed by atoms with Crippen molar-refractivity contribution >= 4 is 0 Å². The van der Waals surface area contributed by atoms with Crippen LogP contribution >= 0.6 is 0 Å². The van der Waals surface area contributed by atoms with Crippen LogP contribution in [0.3, 0.4) is 0 Å². The highest BCUT2D eigenvalue weighted by Gasteiger charge is 2.49. The van der Waals surface area contributed by atoms with E-state index in [1.165, 1.54) is 0 Å².